The lowest BCUT2D eigenvalue weighted by Gasteiger charge is -2.08. The molecule has 3 N–H and O–H groups in total. The van der Waals surface area contributed by atoms with Gasteiger partial charge in [0.05, 0.1) is 6.61 Å². The number of ether oxygens (including phenoxy) is 1. The summed E-state index contributed by atoms with van der Waals surface area (Å²) < 4.78 is 4.85. The summed E-state index contributed by atoms with van der Waals surface area (Å²) >= 11 is 5.74. The third-order valence-electron chi connectivity index (χ3n) is 1.77. The van der Waals surface area contributed by atoms with Gasteiger partial charge in [-0.15, -0.1) is 0 Å². The van der Waals surface area contributed by atoms with Crippen LogP contribution in [-0.2, 0) is 16.1 Å². The molecule has 0 aromatic heterocycles. The molecule has 1 aromatic carbocycles. The normalized spacial score (nSPS) is 12.2. The number of rotatable bonds is 4. The van der Waals surface area contributed by atoms with Crippen LogP contribution in [0.3, 0.4) is 0 Å². The molecule has 0 aliphatic heterocycles. The molecule has 0 saturated carbocycles. The van der Waals surface area contributed by atoms with Crippen molar-refractivity contribution >= 4 is 17.6 Å². The first kappa shape index (κ1) is 12.0. The Hall–Kier alpha value is -1.10. The number of carbonyl (C=O) groups is 1. The van der Waals surface area contributed by atoms with E-state index in [1.807, 2.05) is 0 Å². The van der Waals surface area contributed by atoms with Crippen molar-refractivity contribution in [2.45, 2.75) is 12.6 Å². The van der Waals surface area contributed by atoms with Crippen molar-refractivity contribution in [3.8, 4) is 0 Å². The highest BCUT2D eigenvalue weighted by atomic mass is 35.5. The van der Waals surface area contributed by atoms with Crippen molar-refractivity contribution in [3.63, 3.8) is 0 Å². The molecule has 0 unspecified atom stereocenters. The lowest BCUT2D eigenvalue weighted by molar-refractivity contribution is -0.147. The first-order valence-electron chi connectivity index (χ1n) is 4.41. The third kappa shape index (κ3) is 3.87. The van der Waals surface area contributed by atoms with Gasteiger partial charge >= 0.3 is 5.97 Å². The van der Waals surface area contributed by atoms with E-state index < -0.39 is 18.6 Å². The third-order valence-corrected chi connectivity index (χ3v) is 2.00. The molecule has 5 heteroatoms. The van der Waals surface area contributed by atoms with Crippen molar-refractivity contribution < 1.29 is 14.6 Å². The molecule has 0 fully saturated rings. The number of esters is 1. The minimum Gasteiger partial charge on any atom is -0.460 e. The zero-order valence-corrected chi connectivity index (χ0v) is 8.78. The summed E-state index contributed by atoms with van der Waals surface area (Å²) in [6.07, 6.45) is 0. The number of aliphatic hydroxyl groups excluding tert-OH is 1. The number of nitrogens with two attached hydrogens (primary N) is 1. The van der Waals surface area contributed by atoms with Crippen molar-refractivity contribution in [2.24, 2.45) is 5.73 Å². The lowest BCUT2D eigenvalue weighted by atomic mass is 10.2. The topological polar surface area (TPSA) is 72.5 Å². The number of carbonyl (C=O) groups excluding carboxylic acids is 1. The second kappa shape index (κ2) is 5.70. The minimum absolute atomic E-state index is 0.104. The van der Waals surface area contributed by atoms with Gasteiger partial charge < -0.3 is 15.6 Å². The molecular formula is C10H12ClNO3. The zero-order chi connectivity index (χ0) is 11.3. The molecule has 1 rings (SSSR count). The molecule has 4 nitrogen and oxygen atoms in total. The highest BCUT2D eigenvalue weighted by Crippen LogP contribution is 2.11. The number of aliphatic hydroxyl groups is 1. The van der Waals surface area contributed by atoms with Gasteiger partial charge in [0, 0.05) is 5.02 Å². The largest absolute Gasteiger partial charge is 0.460 e. The van der Waals surface area contributed by atoms with Crippen LogP contribution in [-0.4, -0.2) is 23.7 Å². The second-order valence-electron chi connectivity index (χ2n) is 3.03. The molecule has 0 aliphatic carbocycles. The van der Waals surface area contributed by atoms with Gasteiger partial charge in [0.25, 0.3) is 0 Å². The standard InChI is InChI=1S/C10H12ClNO3/c11-8-3-1-2-7(4-8)6-15-10(14)9(12)5-13/h1-4,9,13H,5-6,12H2/t9-/m1/s1. The van der Waals surface area contributed by atoms with Crippen molar-refractivity contribution in [1.29, 1.82) is 0 Å². The van der Waals surface area contributed by atoms with Gasteiger partial charge in [-0.3, -0.25) is 4.79 Å². The number of halogens is 1. The van der Waals surface area contributed by atoms with Crippen LogP contribution >= 0.6 is 11.6 Å². The Morgan fingerprint density at radius 2 is 2.33 bits per heavy atom. The molecule has 1 atom stereocenters. The molecule has 15 heavy (non-hydrogen) atoms. The molecule has 1 aromatic rings. The fourth-order valence-electron chi connectivity index (χ4n) is 0.963. The Labute approximate surface area is 92.6 Å². The first-order chi connectivity index (χ1) is 7.13. The van der Waals surface area contributed by atoms with E-state index in [1.54, 1.807) is 24.3 Å². The van der Waals surface area contributed by atoms with Crippen LogP contribution < -0.4 is 5.73 Å². The van der Waals surface area contributed by atoms with Crippen molar-refractivity contribution in [3.05, 3.63) is 34.9 Å². The Kier molecular flexibility index (Phi) is 4.55. The average molecular weight is 230 g/mol. The Morgan fingerprint density at radius 1 is 1.60 bits per heavy atom. The molecular weight excluding hydrogens is 218 g/mol. The quantitative estimate of drug-likeness (QED) is 0.746. The molecule has 0 radical (unpaired) electrons. The molecule has 0 heterocycles. The summed E-state index contributed by atoms with van der Waals surface area (Å²) in [6.45, 7) is -0.318. The van der Waals surface area contributed by atoms with E-state index in [0.717, 1.165) is 5.56 Å². The summed E-state index contributed by atoms with van der Waals surface area (Å²) in [4.78, 5) is 11.1. The van der Waals surface area contributed by atoms with Gasteiger partial charge in [0.15, 0.2) is 0 Å². The van der Waals surface area contributed by atoms with Crippen molar-refractivity contribution in [2.75, 3.05) is 6.61 Å². The lowest BCUT2D eigenvalue weighted by Crippen LogP contribution is -2.35. The summed E-state index contributed by atoms with van der Waals surface area (Å²) in [6, 6.07) is 5.98. The fraction of sp³-hybridized carbons (Fsp3) is 0.300. The van der Waals surface area contributed by atoms with Gasteiger partial charge in [0.2, 0.25) is 0 Å². The van der Waals surface area contributed by atoms with Gasteiger partial charge in [-0.25, -0.2) is 0 Å². The molecule has 82 valence electrons. The summed E-state index contributed by atoms with van der Waals surface area (Å²) in [7, 11) is 0. The van der Waals surface area contributed by atoms with Gasteiger partial charge in [-0.1, -0.05) is 23.7 Å². The van der Waals surface area contributed by atoms with Crippen LogP contribution in [0, 0.1) is 0 Å². The number of benzene rings is 1. The highest BCUT2D eigenvalue weighted by Gasteiger charge is 2.13. The monoisotopic (exact) mass is 229 g/mol. The summed E-state index contributed by atoms with van der Waals surface area (Å²) in [5.74, 6) is -0.627. The van der Waals surface area contributed by atoms with E-state index in [-0.39, 0.29) is 6.61 Å². The smallest absolute Gasteiger partial charge is 0.325 e. The van der Waals surface area contributed by atoms with Crippen LogP contribution in [0.15, 0.2) is 24.3 Å². The van der Waals surface area contributed by atoms with E-state index in [4.69, 9.17) is 27.2 Å². The van der Waals surface area contributed by atoms with Gasteiger partial charge in [0.1, 0.15) is 12.6 Å². The predicted molar refractivity (Wildman–Crippen MR) is 56.3 cm³/mol. The average Bonchev–Trinajstić information content (AvgIpc) is 2.25. The summed E-state index contributed by atoms with van der Waals surface area (Å²) in [5, 5.41) is 9.18. The summed E-state index contributed by atoms with van der Waals surface area (Å²) in [5.41, 5.74) is 6.04. The van der Waals surface area contributed by atoms with Crippen LogP contribution in [0.4, 0.5) is 0 Å². The fourth-order valence-corrected chi connectivity index (χ4v) is 1.18. The van der Waals surface area contributed by atoms with E-state index >= 15 is 0 Å². The maximum Gasteiger partial charge on any atom is 0.325 e. The second-order valence-corrected chi connectivity index (χ2v) is 3.46. The van der Waals surface area contributed by atoms with Gasteiger partial charge in [-0.2, -0.15) is 0 Å². The van der Waals surface area contributed by atoms with Crippen LogP contribution in [0.1, 0.15) is 5.56 Å². The van der Waals surface area contributed by atoms with Gasteiger partial charge in [-0.05, 0) is 17.7 Å². The predicted octanol–water partition coefficient (Wildman–Crippen LogP) is 0.703. The molecule has 0 amide bonds. The van der Waals surface area contributed by atoms with E-state index in [1.165, 1.54) is 0 Å². The Morgan fingerprint density at radius 3 is 2.93 bits per heavy atom. The maximum absolute atomic E-state index is 11.1. The Bertz CT molecular complexity index is 343. The Balaban J connectivity index is 2.47. The zero-order valence-electron chi connectivity index (χ0n) is 8.02. The van der Waals surface area contributed by atoms with E-state index in [2.05, 4.69) is 0 Å². The molecule has 0 bridgehead atoms. The number of hydrogen-bond acceptors (Lipinski definition) is 4. The van der Waals surface area contributed by atoms with Crippen molar-refractivity contribution in [1.82, 2.24) is 0 Å². The molecule has 0 spiro atoms. The van der Waals surface area contributed by atoms with Crippen LogP contribution in [0.5, 0.6) is 0 Å². The minimum atomic E-state index is -0.982. The molecule has 0 aliphatic rings. The van der Waals surface area contributed by atoms with Crippen LogP contribution in [0.25, 0.3) is 0 Å². The molecule has 0 saturated heterocycles. The highest BCUT2D eigenvalue weighted by molar-refractivity contribution is 6.30. The first-order valence-corrected chi connectivity index (χ1v) is 4.79. The van der Waals surface area contributed by atoms with E-state index in [0.29, 0.717) is 5.02 Å². The van der Waals surface area contributed by atoms with Crippen LogP contribution in [0.2, 0.25) is 5.02 Å². The number of hydrogen-bond donors (Lipinski definition) is 2. The SMILES string of the molecule is N[C@H](CO)C(=O)OCc1cccc(Cl)c1. The maximum atomic E-state index is 11.1. The van der Waals surface area contributed by atoms with E-state index in [9.17, 15) is 4.79 Å².